The Morgan fingerprint density at radius 3 is 2.55 bits per heavy atom. The Hall–Kier alpha value is -0.340. The molecule has 0 N–H and O–H groups in total. The maximum absolute atomic E-state index is 5.55. The van der Waals surface area contributed by atoms with Crippen LogP contribution in [0.2, 0.25) is 0 Å². The first-order valence-corrected chi connectivity index (χ1v) is 4.02. The van der Waals surface area contributed by atoms with Gasteiger partial charge in [0.1, 0.15) is 0 Å². The van der Waals surface area contributed by atoms with Gasteiger partial charge in [0.05, 0.1) is 12.2 Å². The molecule has 0 spiro atoms. The quantitative estimate of drug-likeness (QED) is 0.541. The van der Waals surface area contributed by atoms with Crippen molar-refractivity contribution in [1.29, 1.82) is 0 Å². The van der Waals surface area contributed by atoms with E-state index in [1.165, 1.54) is 0 Å². The monoisotopic (exact) mass is 156 g/mol. The van der Waals surface area contributed by atoms with Crippen LogP contribution in [0.5, 0.6) is 0 Å². The summed E-state index contributed by atoms with van der Waals surface area (Å²) in [4.78, 5) is 0. The summed E-state index contributed by atoms with van der Waals surface area (Å²) in [5.41, 5.74) is 0. The van der Waals surface area contributed by atoms with Crippen molar-refractivity contribution in [2.24, 2.45) is 0 Å². The third kappa shape index (κ3) is 2.31. The average molecular weight is 156 g/mol. The molecule has 0 saturated carbocycles. The Balaban J connectivity index is 2.57. The lowest BCUT2D eigenvalue weighted by atomic mass is 10.1. The summed E-state index contributed by atoms with van der Waals surface area (Å²) in [6.45, 7) is 9.62. The number of ether oxygens (including phenoxy) is 2. The fourth-order valence-electron chi connectivity index (χ4n) is 1.44. The van der Waals surface area contributed by atoms with Gasteiger partial charge in [-0.05, 0) is 20.8 Å². The largest absolute Gasteiger partial charge is 0.347 e. The van der Waals surface area contributed by atoms with Crippen LogP contribution in [0.3, 0.4) is 0 Å². The van der Waals surface area contributed by atoms with Gasteiger partial charge in [0.25, 0.3) is 0 Å². The zero-order chi connectivity index (χ0) is 8.48. The smallest absolute Gasteiger partial charge is 0.163 e. The van der Waals surface area contributed by atoms with Crippen molar-refractivity contribution in [3.8, 4) is 0 Å². The van der Waals surface area contributed by atoms with Crippen molar-refractivity contribution < 1.29 is 9.47 Å². The highest BCUT2D eigenvalue weighted by Crippen LogP contribution is 2.26. The average Bonchev–Trinajstić information content (AvgIpc) is 1.83. The molecule has 2 atom stereocenters. The molecule has 1 heterocycles. The summed E-state index contributed by atoms with van der Waals surface area (Å²) >= 11 is 0. The van der Waals surface area contributed by atoms with Crippen molar-refractivity contribution in [2.45, 2.75) is 45.2 Å². The topological polar surface area (TPSA) is 18.5 Å². The van der Waals surface area contributed by atoms with Crippen LogP contribution in [0.25, 0.3) is 0 Å². The van der Waals surface area contributed by atoms with Gasteiger partial charge >= 0.3 is 0 Å². The van der Waals surface area contributed by atoms with Crippen LogP contribution in [-0.2, 0) is 9.47 Å². The number of hydrogen-bond acceptors (Lipinski definition) is 2. The maximum Gasteiger partial charge on any atom is 0.163 e. The highest BCUT2D eigenvalue weighted by molar-refractivity contribution is 4.86. The molecule has 0 radical (unpaired) electrons. The molecule has 64 valence electrons. The third-order valence-corrected chi connectivity index (χ3v) is 1.75. The predicted octanol–water partition coefficient (Wildman–Crippen LogP) is 2.10. The minimum absolute atomic E-state index is 0.147. The van der Waals surface area contributed by atoms with Gasteiger partial charge in [-0.15, -0.1) is 6.58 Å². The normalized spacial score (nSPS) is 36.6. The zero-order valence-electron chi connectivity index (χ0n) is 7.46. The van der Waals surface area contributed by atoms with E-state index in [0.29, 0.717) is 0 Å². The third-order valence-electron chi connectivity index (χ3n) is 1.75. The van der Waals surface area contributed by atoms with Crippen LogP contribution in [-0.4, -0.2) is 18.0 Å². The van der Waals surface area contributed by atoms with Crippen LogP contribution >= 0.6 is 0 Å². The Morgan fingerprint density at radius 2 is 2.09 bits per heavy atom. The van der Waals surface area contributed by atoms with Crippen molar-refractivity contribution in [3.63, 3.8) is 0 Å². The fourth-order valence-corrected chi connectivity index (χ4v) is 1.44. The molecule has 0 aromatic carbocycles. The molecule has 0 aromatic rings. The standard InChI is InChI=1S/C9H16O2/c1-5-8-6-7(2)10-9(3,4)11-8/h5,7-8H,1,6H2,2-4H3/t7-,8+/m1/s1. The van der Waals surface area contributed by atoms with E-state index in [2.05, 4.69) is 13.5 Å². The highest BCUT2D eigenvalue weighted by atomic mass is 16.7. The molecular formula is C9H16O2. The fraction of sp³-hybridized carbons (Fsp3) is 0.778. The summed E-state index contributed by atoms with van der Waals surface area (Å²) in [6, 6.07) is 0. The second-order valence-corrected chi connectivity index (χ2v) is 3.46. The lowest BCUT2D eigenvalue weighted by Gasteiger charge is -2.38. The SMILES string of the molecule is C=C[C@H]1C[C@@H](C)OC(C)(C)O1. The van der Waals surface area contributed by atoms with Crippen molar-refractivity contribution in [3.05, 3.63) is 12.7 Å². The molecule has 2 heteroatoms. The van der Waals surface area contributed by atoms with Gasteiger partial charge in [-0.1, -0.05) is 6.08 Å². The molecular weight excluding hydrogens is 140 g/mol. The van der Waals surface area contributed by atoms with Gasteiger partial charge in [-0.3, -0.25) is 0 Å². The van der Waals surface area contributed by atoms with E-state index in [9.17, 15) is 0 Å². The Bertz CT molecular complexity index is 152. The van der Waals surface area contributed by atoms with Gasteiger partial charge in [0, 0.05) is 6.42 Å². The van der Waals surface area contributed by atoms with Gasteiger partial charge in [-0.2, -0.15) is 0 Å². The lowest BCUT2D eigenvalue weighted by Crippen LogP contribution is -2.42. The molecule has 0 aliphatic carbocycles. The summed E-state index contributed by atoms with van der Waals surface area (Å²) in [5.74, 6) is -0.448. The van der Waals surface area contributed by atoms with Crippen molar-refractivity contribution in [1.82, 2.24) is 0 Å². The minimum Gasteiger partial charge on any atom is -0.347 e. The first-order valence-electron chi connectivity index (χ1n) is 4.02. The second kappa shape index (κ2) is 2.95. The van der Waals surface area contributed by atoms with Crippen LogP contribution in [0.15, 0.2) is 12.7 Å². The molecule has 1 fully saturated rings. The predicted molar refractivity (Wildman–Crippen MR) is 44.3 cm³/mol. The van der Waals surface area contributed by atoms with Gasteiger partial charge < -0.3 is 9.47 Å². The second-order valence-electron chi connectivity index (χ2n) is 3.46. The van der Waals surface area contributed by atoms with Crippen LogP contribution < -0.4 is 0 Å². The van der Waals surface area contributed by atoms with E-state index in [0.717, 1.165) is 6.42 Å². The van der Waals surface area contributed by atoms with Gasteiger partial charge in [0.15, 0.2) is 5.79 Å². The summed E-state index contributed by atoms with van der Waals surface area (Å²) < 4.78 is 11.1. The van der Waals surface area contributed by atoms with Crippen molar-refractivity contribution in [2.75, 3.05) is 0 Å². The molecule has 0 amide bonds. The number of rotatable bonds is 1. The molecule has 0 unspecified atom stereocenters. The van der Waals surface area contributed by atoms with Crippen molar-refractivity contribution >= 4 is 0 Å². The molecule has 1 aliphatic heterocycles. The molecule has 1 saturated heterocycles. The first kappa shape index (κ1) is 8.75. The summed E-state index contributed by atoms with van der Waals surface area (Å²) in [7, 11) is 0. The summed E-state index contributed by atoms with van der Waals surface area (Å²) in [5, 5.41) is 0. The molecule has 0 aromatic heterocycles. The molecule has 11 heavy (non-hydrogen) atoms. The summed E-state index contributed by atoms with van der Waals surface area (Å²) in [6.07, 6.45) is 3.16. The van der Waals surface area contributed by atoms with Crippen LogP contribution in [0, 0.1) is 0 Å². The maximum atomic E-state index is 5.55. The van der Waals surface area contributed by atoms with Crippen LogP contribution in [0.1, 0.15) is 27.2 Å². The highest BCUT2D eigenvalue weighted by Gasteiger charge is 2.31. The molecule has 1 aliphatic rings. The van der Waals surface area contributed by atoms with E-state index >= 15 is 0 Å². The lowest BCUT2D eigenvalue weighted by molar-refractivity contribution is -0.286. The Morgan fingerprint density at radius 1 is 1.45 bits per heavy atom. The minimum atomic E-state index is -0.448. The first-order chi connectivity index (χ1) is 5.03. The molecule has 0 bridgehead atoms. The van der Waals surface area contributed by atoms with Crippen LogP contribution in [0.4, 0.5) is 0 Å². The number of hydrogen-bond donors (Lipinski definition) is 0. The van der Waals surface area contributed by atoms with E-state index < -0.39 is 5.79 Å². The van der Waals surface area contributed by atoms with Gasteiger partial charge in [0.2, 0.25) is 0 Å². The molecule has 2 nitrogen and oxygen atoms in total. The Labute approximate surface area is 68.2 Å². The van der Waals surface area contributed by atoms with E-state index in [1.54, 1.807) is 0 Å². The van der Waals surface area contributed by atoms with E-state index in [-0.39, 0.29) is 12.2 Å². The molecule has 1 rings (SSSR count). The zero-order valence-corrected chi connectivity index (χ0v) is 7.46. The van der Waals surface area contributed by atoms with E-state index in [1.807, 2.05) is 19.9 Å². The Kier molecular flexibility index (Phi) is 2.35. The van der Waals surface area contributed by atoms with E-state index in [4.69, 9.17) is 9.47 Å². The van der Waals surface area contributed by atoms with Gasteiger partial charge in [-0.25, -0.2) is 0 Å².